The number of hydrogen-bond acceptors (Lipinski definition) is 6. The zero-order chi connectivity index (χ0) is 14.0. The average Bonchev–Trinajstić information content (AvgIpc) is 2.86. The molecule has 0 saturated heterocycles. The Morgan fingerprint density at radius 3 is 2.21 bits per heavy atom. The minimum atomic E-state index is -3.97. The number of methoxy groups -OCH3 is 2. The molecule has 7 nitrogen and oxygen atoms in total. The van der Waals surface area contributed by atoms with Crippen LogP contribution in [0, 0.1) is 0 Å². The van der Waals surface area contributed by atoms with Gasteiger partial charge in [-0.05, 0) is 12.1 Å². The van der Waals surface area contributed by atoms with Crippen molar-refractivity contribution in [1.29, 1.82) is 0 Å². The summed E-state index contributed by atoms with van der Waals surface area (Å²) in [6.45, 7) is 0. The van der Waals surface area contributed by atoms with Crippen LogP contribution in [0.3, 0.4) is 0 Å². The van der Waals surface area contributed by atoms with Gasteiger partial charge in [0.15, 0.2) is 5.82 Å². The van der Waals surface area contributed by atoms with E-state index < -0.39 is 14.2 Å². The van der Waals surface area contributed by atoms with Crippen molar-refractivity contribution in [1.82, 2.24) is 15.2 Å². The van der Waals surface area contributed by atoms with Crippen LogP contribution in [0.1, 0.15) is 0 Å². The van der Waals surface area contributed by atoms with E-state index in [0.29, 0.717) is 17.1 Å². The number of benzene rings is 1. The minimum absolute atomic E-state index is 0.119. The van der Waals surface area contributed by atoms with Gasteiger partial charge in [-0.1, -0.05) is 6.07 Å². The van der Waals surface area contributed by atoms with Gasteiger partial charge in [0.05, 0.1) is 14.2 Å². The van der Waals surface area contributed by atoms with Crippen molar-refractivity contribution in [2.45, 2.75) is 5.16 Å². The van der Waals surface area contributed by atoms with Crippen LogP contribution < -0.4 is 9.47 Å². The first-order chi connectivity index (χ1) is 8.97. The van der Waals surface area contributed by atoms with Gasteiger partial charge in [0, 0.05) is 10.7 Å². The number of halogens is 1. The minimum Gasteiger partial charge on any atom is -0.496 e. The molecule has 2 rings (SSSR count). The van der Waals surface area contributed by atoms with Crippen molar-refractivity contribution >= 4 is 19.7 Å². The molecule has 102 valence electrons. The lowest BCUT2D eigenvalue weighted by molar-refractivity contribution is 0.397. The molecule has 0 unspecified atom stereocenters. The standard InChI is InChI=1S/C10H10ClN3O4S/c1-17-6-4-3-5-7(18-2)8(6)9-12-10(14-13-9)19(11,15)16/h3-5H,1-2H3,(H,12,13,14). The van der Waals surface area contributed by atoms with Gasteiger partial charge in [-0.2, -0.15) is 10.1 Å². The molecule has 1 aromatic heterocycles. The van der Waals surface area contributed by atoms with Gasteiger partial charge in [0.2, 0.25) is 0 Å². The Morgan fingerprint density at radius 1 is 1.21 bits per heavy atom. The Morgan fingerprint density at radius 2 is 1.79 bits per heavy atom. The van der Waals surface area contributed by atoms with Crippen LogP contribution >= 0.6 is 10.7 Å². The Labute approximate surface area is 113 Å². The number of hydrogen-bond donors (Lipinski definition) is 1. The van der Waals surface area contributed by atoms with Gasteiger partial charge >= 0.3 is 0 Å². The second kappa shape index (κ2) is 5.06. The van der Waals surface area contributed by atoms with Crippen LogP contribution in [-0.2, 0) is 9.05 Å². The van der Waals surface area contributed by atoms with Crippen molar-refractivity contribution in [3.63, 3.8) is 0 Å². The molecule has 0 aliphatic carbocycles. The molecule has 1 N–H and O–H groups in total. The van der Waals surface area contributed by atoms with Gasteiger partial charge < -0.3 is 9.47 Å². The van der Waals surface area contributed by atoms with Crippen LogP contribution in [0.15, 0.2) is 23.4 Å². The highest BCUT2D eigenvalue weighted by molar-refractivity contribution is 8.13. The molecule has 0 amide bonds. The molecule has 2 aromatic rings. The highest BCUT2D eigenvalue weighted by Crippen LogP contribution is 2.36. The zero-order valence-corrected chi connectivity index (χ0v) is 11.6. The van der Waals surface area contributed by atoms with E-state index >= 15 is 0 Å². The predicted octanol–water partition coefficient (Wildman–Crippen LogP) is 1.42. The SMILES string of the molecule is COc1cccc(OC)c1-c1n[nH]c(S(=O)(=O)Cl)n1. The second-order valence-corrected chi connectivity index (χ2v) is 5.92. The third-order valence-corrected chi connectivity index (χ3v) is 3.43. The van der Waals surface area contributed by atoms with E-state index in [0.717, 1.165) is 0 Å². The maximum atomic E-state index is 11.2. The fourth-order valence-electron chi connectivity index (χ4n) is 1.54. The van der Waals surface area contributed by atoms with Crippen molar-refractivity contribution in [3.8, 4) is 22.9 Å². The van der Waals surface area contributed by atoms with Crippen LogP contribution in [0.25, 0.3) is 11.4 Å². The van der Waals surface area contributed by atoms with Crippen molar-refractivity contribution < 1.29 is 17.9 Å². The number of nitrogens with one attached hydrogen (secondary N) is 1. The maximum Gasteiger partial charge on any atom is 0.296 e. The van der Waals surface area contributed by atoms with Crippen molar-refractivity contribution in [2.75, 3.05) is 14.2 Å². The first kappa shape index (κ1) is 13.6. The van der Waals surface area contributed by atoms with Gasteiger partial charge in [-0.3, -0.25) is 0 Å². The molecule has 0 bridgehead atoms. The first-order valence-electron chi connectivity index (χ1n) is 5.05. The van der Waals surface area contributed by atoms with Gasteiger partial charge in [0.25, 0.3) is 14.2 Å². The molecule has 0 atom stereocenters. The third-order valence-electron chi connectivity index (χ3n) is 2.35. The fourth-order valence-corrected chi connectivity index (χ4v) is 2.10. The summed E-state index contributed by atoms with van der Waals surface area (Å²) in [6.07, 6.45) is 0. The Bertz CT molecular complexity index is 676. The number of H-pyrrole nitrogens is 1. The Hall–Kier alpha value is -1.80. The van der Waals surface area contributed by atoms with E-state index in [-0.39, 0.29) is 5.82 Å². The monoisotopic (exact) mass is 303 g/mol. The summed E-state index contributed by atoms with van der Waals surface area (Å²) in [7, 11) is 4.17. The van der Waals surface area contributed by atoms with E-state index in [9.17, 15) is 8.42 Å². The molecule has 1 heterocycles. The lowest BCUT2D eigenvalue weighted by atomic mass is 10.1. The third kappa shape index (κ3) is 2.64. The summed E-state index contributed by atoms with van der Waals surface area (Å²) in [5.74, 6) is 1.03. The summed E-state index contributed by atoms with van der Waals surface area (Å²) < 4.78 is 32.7. The van der Waals surface area contributed by atoms with E-state index in [4.69, 9.17) is 20.2 Å². The topological polar surface area (TPSA) is 94.2 Å². The number of aromatic nitrogens is 3. The van der Waals surface area contributed by atoms with E-state index in [1.165, 1.54) is 14.2 Å². The van der Waals surface area contributed by atoms with Crippen LogP contribution in [0.5, 0.6) is 11.5 Å². The largest absolute Gasteiger partial charge is 0.496 e. The van der Waals surface area contributed by atoms with E-state index in [2.05, 4.69) is 15.2 Å². The van der Waals surface area contributed by atoms with Crippen LogP contribution in [0.2, 0.25) is 0 Å². The summed E-state index contributed by atoms with van der Waals surface area (Å²) >= 11 is 0. The molecule has 19 heavy (non-hydrogen) atoms. The maximum absolute atomic E-state index is 11.2. The molecular weight excluding hydrogens is 294 g/mol. The highest BCUT2D eigenvalue weighted by atomic mass is 35.7. The van der Waals surface area contributed by atoms with Crippen molar-refractivity contribution in [3.05, 3.63) is 18.2 Å². The van der Waals surface area contributed by atoms with Gasteiger partial charge in [-0.25, -0.2) is 13.5 Å². The van der Waals surface area contributed by atoms with Gasteiger partial charge in [-0.15, -0.1) is 0 Å². The smallest absolute Gasteiger partial charge is 0.296 e. The summed E-state index contributed by atoms with van der Waals surface area (Å²) in [4.78, 5) is 3.82. The van der Waals surface area contributed by atoms with Gasteiger partial charge in [0.1, 0.15) is 17.1 Å². The molecule has 0 fully saturated rings. The highest BCUT2D eigenvalue weighted by Gasteiger charge is 2.21. The number of nitrogens with zero attached hydrogens (tertiary/aromatic N) is 2. The molecule has 9 heteroatoms. The van der Waals surface area contributed by atoms with E-state index in [1.807, 2.05) is 0 Å². The van der Waals surface area contributed by atoms with Crippen molar-refractivity contribution in [2.24, 2.45) is 0 Å². The molecule has 1 aromatic carbocycles. The molecule has 0 spiro atoms. The molecule has 0 saturated carbocycles. The van der Waals surface area contributed by atoms with Crippen LogP contribution in [-0.4, -0.2) is 37.8 Å². The first-order valence-corrected chi connectivity index (χ1v) is 7.36. The normalized spacial score (nSPS) is 11.3. The number of rotatable bonds is 4. The van der Waals surface area contributed by atoms with E-state index in [1.54, 1.807) is 18.2 Å². The Balaban J connectivity index is 2.61. The number of aromatic amines is 1. The summed E-state index contributed by atoms with van der Waals surface area (Å²) in [6, 6.07) is 5.10. The zero-order valence-electron chi connectivity index (χ0n) is 10.0. The Kier molecular flexibility index (Phi) is 3.63. The lowest BCUT2D eigenvalue weighted by Gasteiger charge is -2.09. The summed E-state index contributed by atoms with van der Waals surface area (Å²) in [5, 5.41) is 5.63. The molecule has 0 radical (unpaired) electrons. The molecular formula is C10H10ClN3O4S. The fraction of sp³-hybridized carbons (Fsp3) is 0.200. The molecule has 0 aliphatic rings. The summed E-state index contributed by atoms with van der Waals surface area (Å²) in [5.41, 5.74) is 0.440. The lowest BCUT2D eigenvalue weighted by Crippen LogP contribution is -1.95. The predicted molar refractivity (Wildman–Crippen MR) is 68.0 cm³/mol. The number of ether oxygens (including phenoxy) is 2. The molecule has 0 aliphatic heterocycles. The second-order valence-electron chi connectivity index (χ2n) is 3.44. The average molecular weight is 304 g/mol. The van der Waals surface area contributed by atoms with Crippen LogP contribution in [0.4, 0.5) is 0 Å². The quantitative estimate of drug-likeness (QED) is 0.858.